The highest BCUT2D eigenvalue weighted by Crippen LogP contribution is 2.63. The lowest BCUT2D eigenvalue weighted by Gasteiger charge is -2.51. The summed E-state index contributed by atoms with van der Waals surface area (Å²) in [6.45, 7) is 3.90. The molecule has 2 atom stereocenters. The van der Waals surface area contributed by atoms with Crippen molar-refractivity contribution < 1.29 is 14.4 Å². The molecule has 0 N–H and O–H groups in total. The first-order valence-electron chi connectivity index (χ1n) is 10.6. The van der Waals surface area contributed by atoms with Gasteiger partial charge in [0.05, 0.1) is 22.9 Å². The van der Waals surface area contributed by atoms with Crippen molar-refractivity contribution in [1.29, 1.82) is 0 Å². The van der Waals surface area contributed by atoms with Gasteiger partial charge >= 0.3 is 0 Å². The van der Waals surface area contributed by atoms with Crippen molar-refractivity contribution in [3.8, 4) is 0 Å². The minimum absolute atomic E-state index is 0.205. The number of aryl methyl sites for hydroxylation is 1. The number of hydrogen-bond donors (Lipinski definition) is 0. The maximum absolute atomic E-state index is 13.9. The molecule has 3 aromatic carbocycles. The molecule has 0 spiro atoms. The van der Waals surface area contributed by atoms with Crippen LogP contribution in [0.3, 0.4) is 0 Å². The van der Waals surface area contributed by atoms with E-state index in [4.69, 9.17) is 0 Å². The van der Waals surface area contributed by atoms with Crippen molar-refractivity contribution in [3.63, 3.8) is 0 Å². The number of rotatable bonds is 2. The van der Waals surface area contributed by atoms with Crippen LogP contribution in [-0.2, 0) is 19.8 Å². The van der Waals surface area contributed by atoms with Crippen LogP contribution in [0.2, 0.25) is 0 Å². The van der Waals surface area contributed by atoms with Gasteiger partial charge in [0.2, 0.25) is 11.8 Å². The zero-order chi connectivity index (χ0) is 21.5. The zero-order valence-electron chi connectivity index (χ0n) is 17.3. The van der Waals surface area contributed by atoms with E-state index in [0.717, 1.165) is 39.7 Å². The minimum atomic E-state index is -1.15. The summed E-state index contributed by atoms with van der Waals surface area (Å²) >= 11 is 0. The fourth-order valence-corrected chi connectivity index (χ4v) is 6.25. The van der Waals surface area contributed by atoms with E-state index < -0.39 is 17.3 Å². The second kappa shape index (κ2) is 6.01. The molecule has 2 bridgehead atoms. The number of aldehydes is 1. The summed E-state index contributed by atoms with van der Waals surface area (Å²) in [5.41, 5.74) is 5.09. The minimum Gasteiger partial charge on any atom is -0.302 e. The van der Waals surface area contributed by atoms with Crippen LogP contribution in [-0.4, -0.2) is 18.1 Å². The van der Waals surface area contributed by atoms with Gasteiger partial charge in [-0.05, 0) is 53.3 Å². The summed E-state index contributed by atoms with van der Waals surface area (Å²) in [6.07, 6.45) is 0.912. The van der Waals surface area contributed by atoms with Crippen molar-refractivity contribution >= 4 is 23.8 Å². The number of carbonyl (C=O) groups excluding carboxylic acids is 3. The Morgan fingerprint density at radius 3 is 2.03 bits per heavy atom. The molecular formula is C27H21NO3. The lowest BCUT2D eigenvalue weighted by atomic mass is 9.48. The summed E-state index contributed by atoms with van der Waals surface area (Å²) < 4.78 is 0. The average Bonchev–Trinajstić information content (AvgIpc) is 3.07. The van der Waals surface area contributed by atoms with E-state index in [9.17, 15) is 14.4 Å². The van der Waals surface area contributed by atoms with Gasteiger partial charge in [0, 0.05) is 5.92 Å². The predicted molar refractivity (Wildman–Crippen MR) is 117 cm³/mol. The molecule has 0 aromatic heterocycles. The third-order valence-corrected chi connectivity index (χ3v) is 7.69. The van der Waals surface area contributed by atoms with Gasteiger partial charge < -0.3 is 4.79 Å². The number of amides is 2. The Morgan fingerprint density at radius 1 is 0.806 bits per heavy atom. The van der Waals surface area contributed by atoms with Crippen molar-refractivity contribution in [1.82, 2.24) is 0 Å². The van der Waals surface area contributed by atoms with Crippen LogP contribution >= 0.6 is 0 Å². The van der Waals surface area contributed by atoms with Gasteiger partial charge in [0.25, 0.3) is 0 Å². The number of benzene rings is 3. The Hall–Kier alpha value is -3.53. The predicted octanol–water partition coefficient (Wildman–Crippen LogP) is 4.05. The first-order valence-corrected chi connectivity index (χ1v) is 10.6. The molecule has 1 saturated heterocycles. The van der Waals surface area contributed by atoms with E-state index in [-0.39, 0.29) is 17.7 Å². The quantitative estimate of drug-likeness (QED) is 0.476. The van der Waals surface area contributed by atoms with E-state index in [0.29, 0.717) is 5.69 Å². The standard InChI is InChI=1S/C27H21NO3/c1-15-8-7-13-21(16(15)2)28-25(30)23-22-17-9-3-5-11-19(17)27(14-29,24(23)26(28)31)20-12-6-4-10-18(20)22/h3-14,22-24H,1-2H3/t22?,23-,24-,27?/m1/s1. The first kappa shape index (κ1) is 18.3. The Morgan fingerprint density at radius 2 is 1.42 bits per heavy atom. The van der Waals surface area contributed by atoms with Gasteiger partial charge in [0.1, 0.15) is 6.29 Å². The Balaban J connectivity index is 1.66. The summed E-state index contributed by atoms with van der Waals surface area (Å²) in [4.78, 5) is 42.1. The fraction of sp³-hybridized carbons (Fsp3) is 0.222. The molecule has 3 aromatic rings. The third kappa shape index (κ3) is 1.98. The second-order valence-electron chi connectivity index (χ2n) is 8.87. The van der Waals surface area contributed by atoms with Gasteiger partial charge in [-0.2, -0.15) is 0 Å². The van der Waals surface area contributed by atoms with E-state index in [1.807, 2.05) is 80.6 Å². The van der Waals surface area contributed by atoms with Crippen molar-refractivity contribution in [2.45, 2.75) is 25.2 Å². The number of imide groups is 1. The second-order valence-corrected chi connectivity index (χ2v) is 8.87. The van der Waals surface area contributed by atoms with Crippen LogP contribution in [0.4, 0.5) is 5.69 Å². The highest BCUT2D eigenvalue weighted by Gasteiger charge is 2.68. The average molecular weight is 407 g/mol. The monoisotopic (exact) mass is 407 g/mol. The van der Waals surface area contributed by atoms with Crippen LogP contribution in [0.15, 0.2) is 66.7 Å². The summed E-state index contributed by atoms with van der Waals surface area (Å²) in [7, 11) is 0. The van der Waals surface area contributed by atoms with E-state index in [2.05, 4.69) is 0 Å². The smallest absolute Gasteiger partial charge is 0.239 e. The first-order chi connectivity index (χ1) is 15.0. The van der Waals surface area contributed by atoms with Gasteiger partial charge in [-0.25, -0.2) is 4.90 Å². The molecule has 1 heterocycles. The molecule has 4 nitrogen and oxygen atoms in total. The summed E-state index contributed by atoms with van der Waals surface area (Å²) in [5.74, 6) is -2.02. The number of hydrogen-bond acceptors (Lipinski definition) is 3. The molecule has 1 fully saturated rings. The molecule has 0 radical (unpaired) electrons. The van der Waals surface area contributed by atoms with Crippen LogP contribution < -0.4 is 4.90 Å². The maximum atomic E-state index is 13.9. The Bertz CT molecular complexity index is 1260. The Kier molecular flexibility index (Phi) is 3.54. The highest BCUT2D eigenvalue weighted by atomic mass is 16.2. The van der Waals surface area contributed by atoms with Crippen LogP contribution in [0.1, 0.15) is 39.3 Å². The molecule has 2 amide bonds. The van der Waals surface area contributed by atoms with Gasteiger partial charge in [-0.15, -0.1) is 0 Å². The van der Waals surface area contributed by atoms with Crippen molar-refractivity contribution in [2.24, 2.45) is 11.8 Å². The van der Waals surface area contributed by atoms with Crippen LogP contribution in [0, 0.1) is 25.7 Å². The molecule has 4 aliphatic rings. The van der Waals surface area contributed by atoms with Crippen LogP contribution in [0.25, 0.3) is 0 Å². The summed E-state index contributed by atoms with van der Waals surface area (Å²) in [6, 6.07) is 21.3. The van der Waals surface area contributed by atoms with E-state index in [1.165, 1.54) is 4.90 Å². The van der Waals surface area contributed by atoms with Crippen molar-refractivity contribution in [3.05, 3.63) is 100 Å². The molecule has 1 aliphatic heterocycles. The number of anilines is 1. The van der Waals surface area contributed by atoms with Gasteiger partial charge in [-0.3, -0.25) is 9.59 Å². The topological polar surface area (TPSA) is 54.5 Å². The van der Waals surface area contributed by atoms with E-state index in [1.54, 1.807) is 0 Å². The molecule has 7 rings (SSSR count). The lowest BCUT2D eigenvalue weighted by Crippen LogP contribution is -2.54. The van der Waals surface area contributed by atoms with Crippen LogP contribution in [0.5, 0.6) is 0 Å². The molecule has 4 heteroatoms. The van der Waals surface area contributed by atoms with Gasteiger partial charge in [-0.1, -0.05) is 60.7 Å². The fourth-order valence-electron chi connectivity index (χ4n) is 6.25. The maximum Gasteiger partial charge on any atom is 0.239 e. The summed E-state index contributed by atoms with van der Waals surface area (Å²) in [5, 5.41) is 0. The molecule has 152 valence electrons. The molecule has 3 aliphatic carbocycles. The Labute approximate surface area is 180 Å². The number of nitrogens with zero attached hydrogens (tertiary/aromatic N) is 1. The molecule has 0 unspecified atom stereocenters. The molecule has 31 heavy (non-hydrogen) atoms. The third-order valence-electron chi connectivity index (χ3n) is 7.69. The normalized spacial score (nSPS) is 27.7. The SMILES string of the molecule is Cc1cccc(N2C(=O)[C@@H]3C4c5ccccc5C(C=O)(c5ccccc54)[C@H]3C2=O)c1C. The van der Waals surface area contributed by atoms with E-state index >= 15 is 0 Å². The zero-order valence-corrected chi connectivity index (χ0v) is 17.3. The van der Waals surface area contributed by atoms with Gasteiger partial charge in [0.15, 0.2) is 0 Å². The molecule has 0 saturated carbocycles. The number of carbonyl (C=O) groups is 3. The molecular weight excluding hydrogens is 386 g/mol. The largest absolute Gasteiger partial charge is 0.302 e. The lowest BCUT2D eigenvalue weighted by molar-refractivity contribution is -0.128. The highest BCUT2D eigenvalue weighted by molar-refractivity contribution is 6.25. The van der Waals surface area contributed by atoms with Crippen molar-refractivity contribution in [2.75, 3.05) is 4.90 Å².